The Morgan fingerprint density at radius 2 is 1.96 bits per heavy atom. The summed E-state index contributed by atoms with van der Waals surface area (Å²) in [6.07, 6.45) is 3.44. The molecule has 1 aliphatic heterocycles. The van der Waals surface area contributed by atoms with Crippen LogP contribution >= 0.6 is 0 Å². The van der Waals surface area contributed by atoms with Crippen LogP contribution in [0.5, 0.6) is 0 Å². The SMILES string of the molecule is CC1(C)CCCC2(CN(C(=O)OCc3ccccc3)CC2C(=O)O)C1. The lowest BCUT2D eigenvalue weighted by Crippen LogP contribution is -2.42. The zero-order chi connectivity index (χ0) is 18.1. The van der Waals surface area contributed by atoms with Gasteiger partial charge in [0.1, 0.15) is 6.61 Å². The summed E-state index contributed by atoms with van der Waals surface area (Å²) in [7, 11) is 0. The minimum atomic E-state index is -0.795. The molecule has 0 radical (unpaired) electrons. The van der Waals surface area contributed by atoms with Crippen molar-refractivity contribution in [2.24, 2.45) is 16.7 Å². The third kappa shape index (κ3) is 3.80. The lowest BCUT2D eigenvalue weighted by molar-refractivity contribution is -0.146. The average molecular weight is 345 g/mol. The zero-order valence-corrected chi connectivity index (χ0v) is 15.0. The lowest BCUT2D eigenvalue weighted by Gasteiger charge is -2.44. The summed E-state index contributed by atoms with van der Waals surface area (Å²) in [5.74, 6) is -1.30. The summed E-state index contributed by atoms with van der Waals surface area (Å²) >= 11 is 0. The number of carbonyl (C=O) groups is 2. The Bertz CT molecular complexity index is 642. The van der Waals surface area contributed by atoms with Crippen molar-refractivity contribution in [3.05, 3.63) is 35.9 Å². The second kappa shape index (κ2) is 6.70. The van der Waals surface area contributed by atoms with Crippen LogP contribution in [0.4, 0.5) is 4.79 Å². The molecule has 2 fully saturated rings. The molecule has 25 heavy (non-hydrogen) atoms. The molecular formula is C20H27NO4. The number of likely N-dealkylation sites (tertiary alicyclic amines) is 1. The third-order valence-electron chi connectivity index (χ3n) is 5.77. The molecule has 5 nitrogen and oxygen atoms in total. The van der Waals surface area contributed by atoms with E-state index in [9.17, 15) is 14.7 Å². The molecule has 5 heteroatoms. The van der Waals surface area contributed by atoms with E-state index < -0.39 is 18.0 Å². The van der Waals surface area contributed by atoms with Gasteiger partial charge in [-0.05, 0) is 30.2 Å². The minimum absolute atomic E-state index is 0.121. The van der Waals surface area contributed by atoms with Crippen molar-refractivity contribution < 1.29 is 19.4 Å². The number of amides is 1. The number of carboxylic acids is 1. The zero-order valence-electron chi connectivity index (χ0n) is 15.0. The fraction of sp³-hybridized carbons (Fsp3) is 0.600. The summed E-state index contributed by atoms with van der Waals surface area (Å²) < 4.78 is 5.42. The highest BCUT2D eigenvalue weighted by molar-refractivity contribution is 5.75. The van der Waals surface area contributed by atoms with Gasteiger partial charge in [-0.25, -0.2) is 4.79 Å². The standard InChI is InChI=1S/C20H27NO4/c1-19(2)9-6-10-20(13-19)14-21(11-16(20)17(22)23)18(24)25-12-15-7-4-3-5-8-15/h3-5,7-8,16H,6,9-14H2,1-2H3,(H,22,23). The van der Waals surface area contributed by atoms with Gasteiger partial charge in [0, 0.05) is 18.5 Å². The molecule has 1 aliphatic carbocycles. The van der Waals surface area contributed by atoms with Gasteiger partial charge in [0.05, 0.1) is 5.92 Å². The van der Waals surface area contributed by atoms with Crippen LogP contribution in [0, 0.1) is 16.7 Å². The van der Waals surface area contributed by atoms with E-state index in [-0.39, 0.29) is 24.0 Å². The normalized spacial score (nSPS) is 28.1. The number of nitrogens with zero attached hydrogens (tertiary/aromatic N) is 1. The Kier molecular flexibility index (Phi) is 4.76. The highest BCUT2D eigenvalue weighted by Crippen LogP contribution is 2.53. The van der Waals surface area contributed by atoms with Crippen LogP contribution in [0.25, 0.3) is 0 Å². The molecule has 2 atom stereocenters. The van der Waals surface area contributed by atoms with Crippen molar-refractivity contribution >= 4 is 12.1 Å². The van der Waals surface area contributed by atoms with Crippen LogP contribution < -0.4 is 0 Å². The Hall–Kier alpha value is -2.04. The topological polar surface area (TPSA) is 66.8 Å². The predicted molar refractivity (Wildman–Crippen MR) is 94.0 cm³/mol. The monoisotopic (exact) mass is 345 g/mol. The Balaban J connectivity index is 1.69. The average Bonchev–Trinajstić information content (AvgIpc) is 2.91. The van der Waals surface area contributed by atoms with Crippen molar-refractivity contribution in [2.45, 2.75) is 46.1 Å². The Morgan fingerprint density at radius 1 is 1.24 bits per heavy atom. The summed E-state index contributed by atoms with van der Waals surface area (Å²) in [6, 6.07) is 9.53. The van der Waals surface area contributed by atoms with E-state index in [1.165, 1.54) is 0 Å². The van der Waals surface area contributed by atoms with Crippen LogP contribution in [-0.2, 0) is 16.1 Å². The molecule has 136 valence electrons. The van der Waals surface area contributed by atoms with Crippen LogP contribution in [-0.4, -0.2) is 35.2 Å². The maximum Gasteiger partial charge on any atom is 0.410 e. The van der Waals surface area contributed by atoms with Crippen molar-refractivity contribution in [1.82, 2.24) is 4.90 Å². The largest absolute Gasteiger partial charge is 0.481 e. The summed E-state index contributed by atoms with van der Waals surface area (Å²) in [6.45, 7) is 5.35. The van der Waals surface area contributed by atoms with E-state index >= 15 is 0 Å². The van der Waals surface area contributed by atoms with Gasteiger partial charge in [0.25, 0.3) is 0 Å². The van der Waals surface area contributed by atoms with Gasteiger partial charge in [-0.1, -0.05) is 50.6 Å². The number of benzene rings is 1. The lowest BCUT2D eigenvalue weighted by atomic mass is 9.60. The van der Waals surface area contributed by atoms with E-state index in [1.807, 2.05) is 30.3 Å². The molecule has 1 heterocycles. The third-order valence-corrected chi connectivity index (χ3v) is 5.77. The molecule has 1 aromatic rings. The smallest absolute Gasteiger partial charge is 0.410 e. The van der Waals surface area contributed by atoms with Gasteiger partial charge in [-0.15, -0.1) is 0 Å². The summed E-state index contributed by atoms with van der Waals surface area (Å²) in [5, 5.41) is 9.73. The predicted octanol–water partition coefficient (Wildman–Crippen LogP) is 3.93. The first-order valence-corrected chi connectivity index (χ1v) is 9.00. The minimum Gasteiger partial charge on any atom is -0.481 e. The fourth-order valence-electron chi connectivity index (χ4n) is 4.74. The molecule has 1 N–H and O–H groups in total. The molecule has 1 amide bonds. The molecule has 2 unspecified atom stereocenters. The number of rotatable bonds is 3. The maximum atomic E-state index is 12.5. The Labute approximate surface area is 149 Å². The molecular weight excluding hydrogens is 318 g/mol. The molecule has 0 aromatic heterocycles. The molecule has 1 saturated heterocycles. The van der Waals surface area contributed by atoms with Crippen molar-refractivity contribution in [3.63, 3.8) is 0 Å². The van der Waals surface area contributed by atoms with Crippen molar-refractivity contribution in [3.8, 4) is 0 Å². The highest BCUT2D eigenvalue weighted by atomic mass is 16.6. The molecule has 2 aliphatic rings. The second-order valence-electron chi connectivity index (χ2n) is 8.37. The van der Waals surface area contributed by atoms with Gasteiger partial charge < -0.3 is 14.7 Å². The fourth-order valence-corrected chi connectivity index (χ4v) is 4.74. The number of hydrogen-bond donors (Lipinski definition) is 1. The number of carbonyl (C=O) groups excluding carboxylic acids is 1. The summed E-state index contributed by atoms with van der Waals surface area (Å²) in [5.41, 5.74) is 0.730. The van der Waals surface area contributed by atoms with Gasteiger partial charge in [0.15, 0.2) is 0 Å². The van der Waals surface area contributed by atoms with Crippen molar-refractivity contribution in [1.29, 1.82) is 0 Å². The molecule has 3 rings (SSSR count). The Morgan fingerprint density at radius 3 is 2.60 bits per heavy atom. The quantitative estimate of drug-likeness (QED) is 0.901. The number of carboxylic acid groups (broad SMARTS) is 1. The van der Waals surface area contributed by atoms with E-state index in [0.717, 1.165) is 31.2 Å². The first kappa shape index (κ1) is 17.8. The second-order valence-corrected chi connectivity index (χ2v) is 8.37. The first-order chi connectivity index (χ1) is 11.8. The molecule has 1 saturated carbocycles. The van der Waals surface area contributed by atoms with E-state index in [2.05, 4.69) is 13.8 Å². The van der Waals surface area contributed by atoms with Gasteiger partial charge in [0.2, 0.25) is 0 Å². The van der Waals surface area contributed by atoms with E-state index in [4.69, 9.17) is 4.74 Å². The molecule has 0 bridgehead atoms. The maximum absolute atomic E-state index is 12.5. The van der Waals surface area contributed by atoms with Crippen LogP contribution in [0.1, 0.15) is 45.1 Å². The summed E-state index contributed by atoms with van der Waals surface area (Å²) in [4.78, 5) is 25.9. The van der Waals surface area contributed by atoms with Gasteiger partial charge >= 0.3 is 12.1 Å². The first-order valence-electron chi connectivity index (χ1n) is 9.00. The number of aliphatic carboxylic acids is 1. The van der Waals surface area contributed by atoms with Crippen LogP contribution in [0.15, 0.2) is 30.3 Å². The molecule has 1 aromatic carbocycles. The molecule has 1 spiro atoms. The number of hydrogen-bond acceptors (Lipinski definition) is 3. The van der Waals surface area contributed by atoms with E-state index in [0.29, 0.717) is 6.54 Å². The number of ether oxygens (including phenoxy) is 1. The van der Waals surface area contributed by atoms with Gasteiger partial charge in [-0.3, -0.25) is 4.79 Å². The highest BCUT2D eigenvalue weighted by Gasteiger charge is 2.54. The van der Waals surface area contributed by atoms with Crippen molar-refractivity contribution in [2.75, 3.05) is 13.1 Å². The van der Waals surface area contributed by atoms with Gasteiger partial charge in [-0.2, -0.15) is 0 Å². The van der Waals surface area contributed by atoms with E-state index in [1.54, 1.807) is 4.90 Å². The van der Waals surface area contributed by atoms with Crippen LogP contribution in [0.3, 0.4) is 0 Å². The van der Waals surface area contributed by atoms with Crippen LogP contribution in [0.2, 0.25) is 0 Å².